The predicted molar refractivity (Wildman–Crippen MR) is 142 cm³/mol. The number of carbonyl (C=O) groups is 1. The third-order valence-electron chi connectivity index (χ3n) is 6.81. The quantitative estimate of drug-likeness (QED) is 0.135. The molecular formula is C28H60N2O2. The first-order valence-electron chi connectivity index (χ1n) is 14.2. The Morgan fingerprint density at radius 3 is 1.06 bits per heavy atom. The van der Waals surface area contributed by atoms with Crippen LogP contribution >= 0.6 is 0 Å². The fourth-order valence-corrected chi connectivity index (χ4v) is 3.89. The van der Waals surface area contributed by atoms with Gasteiger partial charge in [0.2, 0.25) is 0 Å². The maximum Gasteiger partial charge on any atom is 0.303 e. The largest absolute Gasteiger partial charge is 0.481 e. The van der Waals surface area contributed by atoms with Crippen LogP contribution in [-0.2, 0) is 4.79 Å². The van der Waals surface area contributed by atoms with Gasteiger partial charge in [0.15, 0.2) is 0 Å². The molecule has 5 N–H and O–H groups in total. The first-order chi connectivity index (χ1) is 15.5. The predicted octanol–water partition coefficient (Wildman–Crippen LogP) is 8.36. The van der Waals surface area contributed by atoms with E-state index in [-0.39, 0.29) is 5.54 Å². The number of nitrogens with two attached hydrogens (primary N) is 2. The van der Waals surface area contributed by atoms with Gasteiger partial charge >= 0.3 is 5.97 Å². The summed E-state index contributed by atoms with van der Waals surface area (Å²) in [5.74, 6) is -0.651. The second-order valence-corrected chi connectivity index (χ2v) is 9.78. The van der Waals surface area contributed by atoms with E-state index in [4.69, 9.17) is 16.6 Å². The molecule has 0 aromatic heterocycles. The van der Waals surface area contributed by atoms with Gasteiger partial charge in [-0.25, -0.2) is 0 Å². The number of hydrogen-bond acceptors (Lipinski definition) is 3. The lowest BCUT2D eigenvalue weighted by molar-refractivity contribution is -0.137. The van der Waals surface area contributed by atoms with Crippen LogP contribution in [0.1, 0.15) is 162 Å². The highest BCUT2D eigenvalue weighted by Crippen LogP contribution is 2.14. The summed E-state index contributed by atoms with van der Waals surface area (Å²) < 4.78 is 0. The summed E-state index contributed by atoms with van der Waals surface area (Å²) in [6.07, 6.45) is 28.0. The van der Waals surface area contributed by atoms with Crippen LogP contribution in [0.5, 0.6) is 0 Å². The zero-order valence-electron chi connectivity index (χ0n) is 22.3. The van der Waals surface area contributed by atoms with Crippen molar-refractivity contribution in [2.75, 3.05) is 6.54 Å². The average molecular weight is 457 g/mol. The van der Waals surface area contributed by atoms with Crippen molar-refractivity contribution in [3.05, 3.63) is 0 Å². The molecule has 0 radical (unpaired) electrons. The number of rotatable bonds is 23. The van der Waals surface area contributed by atoms with Gasteiger partial charge in [0.25, 0.3) is 0 Å². The number of aliphatic carboxylic acids is 1. The summed E-state index contributed by atoms with van der Waals surface area (Å²) in [4.78, 5) is 10.4. The highest BCUT2D eigenvalue weighted by molar-refractivity contribution is 5.66. The van der Waals surface area contributed by atoms with Crippen molar-refractivity contribution >= 4 is 5.97 Å². The number of hydrogen-bond donors (Lipinski definition) is 3. The van der Waals surface area contributed by atoms with Crippen LogP contribution in [0.2, 0.25) is 0 Å². The zero-order valence-corrected chi connectivity index (χ0v) is 22.3. The van der Waals surface area contributed by atoms with E-state index >= 15 is 0 Å². The van der Waals surface area contributed by atoms with Crippen LogP contribution in [0.3, 0.4) is 0 Å². The SMILES string of the molecule is CCC(N)(CC)CN.CCCCCCCCCCCCCCCCCCCCCC(=O)O. The first-order valence-corrected chi connectivity index (χ1v) is 14.2. The second kappa shape index (κ2) is 26.6. The van der Waals surface area contributed by atoms with E-state index in [9.17, 15) is 4.79 Å². The maximum atomic E-state index is 10.4. The molecule has 0 aliphatic heterocycles. The topological polar surface area (TPSA) is 89.3 Å². The lowest BCUT2D eigenvalue weighted by Gasteiger charge is -2.23. The molecule has 0 atom stereocenters. The van der Waals surface area contributed by atoms with Crippen molar-refractivity contribution in [2.45, 2.75) is 168 Å². The van der Waals surface area contributed by atoms with Crippen LogP contribution in [-0.4, -0.2) is 23.2 Å². The summed E-state index contributed by atoms with van der Waals surface area (Å²) in [7, 11) is 0. The minimum Gasteiger partial charge on any atom is -0.481 e. The Hall–Kier alpha value is -0.610. The molecule has 4 nitrogen and oxygen atoms in total. The summed E-state index contributed by atoms with van der Waals surface area (Å²) in [5.41, 5.74) is 11.1. The van der Waals surface area contributed by atoms with Gasteiger partial charge in [0.1, 0.15) is 0 Å². The molecule has 0 spiro atoms. The molecule has 0 saturated carbocycles. The minimum atomic E-state index is -0.651. The lowest BCUT2D eigenvalue weighted by Crippen LogP contribution is -2.45. The van der Waals surface area contributed by atoms with Crippen molar-refractivity contribution in [1.29, 1.82) is 0 Å². The number of unbranched alkanes of at least 4 members (excludes halogenated alkanes) is 18. The van der Waals surface area contributed by atoms with Gasteiger partial charge in [0, 0.05) is 18.5 Å². The molecule has 0 amide bonds. The Bertz CT molecular complexity index is 362. The normalized spacial score (nSPS) is 11.3. The Morgan fingerprint density at radius 1 is 0.594 bits per heavy atom. The zero-order chi connectivity index (χ0) is 24.3. The van der Waals surface area contributed by atoms with E-state index in [1.807, 2.05) is 0 Å². The number of carboxylic acid groups (broad SMARTS) is 1. The standard InChI is InChI=1S/C22H44O2.C6H16N2/c1-2-3-4-5-6-7-8-9-10-11-12-13-14-15-16-17-18-19-20-21-22(23)24;1-3-6(8,4-2)5-7/h2-21H2,1H3,(H,23,24);3-5,7-8H2,1-2H3. The highest BCUT2D eigenvalue weighted by Gasteiger charge is 2.16. The molecule has 0 unspecified atom stereocenters. The van der Waals surface area contributed by atoms with E-state index in [1.54, 1.807) is 0 Å². The van der Waals surface area contributed by atoms with Crippen molar-refractivity contribution in [1.82, 2.24) is 0 Å². The monoisotopic (exact) mass is 456 g/mol. The molecule has 32 heavy (non-hydrogen) atoms. The van der Waals surface area contributed by atoms with E-state index in [2.05, 4.69) is 20.8 Å². The first kappa shape index (κ1) is 33.6. The van der Waals surface area contributed by atoms with Gasteiger partial charge in [-0.2, -0.15) is 0 Å². The lowest BCUT2D eigenvalue weighted by atomic mass is 9.95. The van der Waals surface area contributed by atoms with Crippen LogP contribution < -0.4 is 11.5 Å². The fraction of sp³-hybridized carbons (Fsp3) is 0.964. The summed E-state index contributed by atoms with van der Waals surface area (Å²) in [5, 5.41) is 8.56. The third-order valence-corrected chi connectivity index (χ3v) is 6.81. The Labute approximate surface area is 201 Å². The molecule has 0 saturated heterocycles. The van der Waals surface area contributed by atoms with Gasteiger partial charge in [-0.15, -0.1) is 0 Å². The van der Waals surface area contributed by atoms with E-state index in [0.717, 1.165) is 25.7 Å². The minimum absolute atomic E-state index is 0.0972. The molecular weight excluding hydrogens is 396 g/mol. The van der Waals surface area contributed by atoms with E-state index in [1.165, 1.54) is 109 Å². The third kappa shape index (κ3) is 27.4. The molecule has 0 aromatic rings. The van der Waals surface area contributed by atoms with E-state index < -0.39 is 5.97 Å². The van der Waals surface area contributed by atoms with Crippen molar-refractivity contribution in [3.8, 4) is 0 Å². The van der Waals surface area contributed by atoms with Gasteiger partial charge in [-0.3, -0.25) is 4.79 Å². The molecule has 0 aliphatic rings. The molecule has 4 heteroatoms. The molecule has 0 rings (SSSR count). The van der Waals surface area contributed by atoms with Gasteiger partial charge in [0.05, 0.1) is 0 Å². The average Bonchev–Trinajstić information content (AvgIpc) is 2.80. The Morgan fingerprint density at radius 2 is 0.875 bits per heavy atom. The van der Waals surface area contributed by atoms with Gasteiger partial charge < -0.3 is 16.6 Å². The van der Waals surface area contributed by atoms with Crippen molar-refractivity contribution in [2.24, 2.45) is 11.5 Å². The summed E-state index contributed by atoms with van der Waals surface area (Å²) in [6.45, 7) is 7.01. The van der Waals surface area contributed by atoms with Crippen molar-refractivity contribution in [3.63, 3.8) is 0 Å². The smallest absolute Gasteiger partial charge is 0.303 e. The van der Waals surface area contributed by atoms with Crippen LogP contribution in [0.25, 0.3) is 0 Å². The highest BCUT2D eigenvalue weighted by atomic mass is 16.4. The molecule has 0 aliphatic carbocycles. The molecule has 0 fully saturated rings. The molecule has 0 aromatic carbocycles. The summed E-state index contributed by atoms with van der Waals surface area (Å²) in [6, 6.07) is 0. The molecule has 0 bridgehead atoms. The van der Waals surface area contributed by atoms with E-state index in [0.29, 0.717) is 13.0 Å². The number of carboxylic acids is 1. The van der Waals surface area contributed by atoms with Crippen LogP contribution in [0, 0.1) is 0 Å². The van der Waals surface area contributed by atoms with Gasteiger partial charge in [-0.05, 0) is 19.3 Å². The van der Waals surface area contributed by atoms with Crippen molar-refractivity contribution < 1.29 is 9.90 Å². The summed E-state index contributed by atoms with van der Waals surface area (Å²) >= 11 is 0. The Kier molecular flexibility index (Phi) is 27.9. The van der Waals surface area contributed by atoms with Gasteiger partial charge in [-0.1, -0.05) is 136 Å². The maximum absolute atomic E-state index is 10.4. The Balaban J connectivity index is 0. The van der Waals surface area contributed by atoms with Crippen LogP contribution in [0.15, 0.2) is 0 Å². The fourth-order valence-electron chi connectivity index (χ4n) is 3.89. The molecule has 0 heterocycles. The van der Waals surface area contributed by atoms with Crippen LogP contribution in [0.4, 0.5) is 0 Å². The molecule has 194 valence electrons. The second-order valence-electron chi connectivity index (χ2n) is 9.78.